The van der Waals surface area contributed by atoms with Crippen LogP contribution < -0.4 is 5.73 Å². The number of carbonyl (C=O) groups excluding carboxylic acids is 1. The van der Waals surface area contributed by atoms with Crippen molar-refractivity contribution >= 4 is 5.97 Å². The zero-order valence-electron chi connectivity index (χ0n) is 9.09. The van der Waals surface area contributed by atoms with Crippen molar-refractivity contribution in [1.82, 2.24) is 0 Å². The molecule has 0 spiro atoms. The minimum Gasteiger partial charge on any atom is -0.468 e. The second-order valence-corrected chi connectivity index (χ2v) is 3.50. The molecule has 0 aliphatic carbocycles. The molecule has 0 bridgehead atoms. The minimum atomic E-state index is -0.985. The Hall–Kier alpha value is -1.49. The summed E-state index contributed by atoms with van der Waals surface area (Å²) in [5.41, 5.74) is 5.74. The highest BCUT2D eigenvalue weighted by Crippen LogP contribution is 2.16. The Kier molecular flexibility index (Phi) is 3.95. The molecular weight excluding hydrogens is 216 g/mol. The monoisotopic (exact) mass is 229 g/mol. The summed E-state index contributed by atoms with van der Waals surface area (Å²) in [5.74, 6) is -2.52. The van der Waals surface area contributed by atoms with E-state index >= 15 is 0 Å². The average Bonchev–Trinajstić information content (AvgIpc) is 2.28. The van der Waals surface area contributed by atoms with Crippen LogP contribution in [0.4, 0.5) is 8.78 Å². The van der Waals surface area contributed by atoms with Crippen LogP contribution in [0.25, 0.3) is 0 Å². The van der Waals surface area contributed by atoms with Crippen LogP contribution in [0.3, 0.4) is 0 Å². The molecule has 2 N–H and O–H groups in total. The number of aryl methyl sites for hydroxylation is 1. The third-order valence-corrected chi connectivity index (χ3v) is 2.30. The van der Waals surface area contributed by atoms with E-state index in [9.17, 15) is 13.6 Å². The van der Waals surface area contributed by atoms with Crippen molar-refractivity contribution in [3.63, 3.8) is 0 Å². The highest BCUT2D eigenvalue weighted by Gasteiger charge is 2.18. The summed E-state index contributed by atoms with van der Waals surface area (Å²) in [7, 11) is 1.19. The van der Waals surface area contributed by atoms with Gasteiger partial charge in [-0.2, -0.15) is 0 Å². The fraction of sp³-hybridized carbons (Fsp3) is 0.364. The van der Waals surface area contributed by atoms with Gasteiger partial charge in [0.05, 0.1) is 7.11 Å². The zero-order chi connectivity index (χ0) is 12.3. The molecule has 0 radical (unpaired) electrons. The van der Waals surface area contributed by atoms with E-state index in [1.807, 2.05) is 0 Å². The third kappa shape index (κ3) is 2.55. The molecule has 16 heavy (non-hydrogen) atoms. The Morgan fingerprint density at radius 3 is 2.62 bits per heavy atom. The first kappa shape index (κ1) is 12.6. The Bertz CT molecular complexity index is 407. The number of hydrogen-bond acceptors (Lipinski definition) is 3. The fourth-order valence-electron chi connectivity index (χ4n) is 1.32. The molecule has 1 rings (SSSR count). The van der Waals surface area contributed by atoms with Crippen molar-refractivity contribution in [3.05, 3.63) is 34.9 Å². The van der Waals surface area contributed by atoms with Gasteiger partial charge in [-0.3, -0.25) is 4.79 Å². The van der Waals surface area contributed by atoms with E-state index in [2.05, 4.69) is 4.74 Å². The summed E-state index contributed by atoms with van der Waals surface area (Å²) in [6, 6.07) is 1.87. The van der Waals surface area contributed by atoms with Gasteiger partial charge in [-0.15, -0.1) is 0 Å². The Balaban J connectivity index is 2.90. The number of esters is 1. The van der Waals surface area contributed by atoms with Crippen molar-refractivity contribution in [2.24, 2.45) is 5.73 Å². The molecule has 0 aliphatic heterocycles. The lowest BCUT2D eigenvalue weighted by Crippen LogP contribution is -2.34. The number of carbonyl (C=O) groups is 1. The van der Waals surface area contributed by atoms with E-state index in [-0.39, 0.29) is 17.5 Å². The van der Waals surface area contributed by atoms with Gasteiger partial charge >= 0.3 is 5.97 Å². The molecule has 0 unspecified atom stereocenters. The van der Waals surface area contributed by atoms with Crippen LogP contribution in [0, 0.1) is 18.6 Å². The van der Waals surface area contributed by atoms with E-state index in [1.165, 1.54) is 26.2 Å². The van der Waals surface area contributed by atoms with Gasteiger partial charge in [0.1, 0.15) is 6.04 Å². The lowest BCUT2D eigenvalue weighted by atomic mass is 10.0. The molecule has 1 atom stereocenters. The number of ether oxygens (including phenoxy) is 1. The Morgan fingerprint density at radius 2 is 2.06 bits per heavy atom. The zero-order valence-corrected chi connectivity index (χ0v) is 9.09. The van der Waals surface area contributed by atoms with Gasteiger partial charge in [-0.05, 0) is 18.1 Å². The maximum atomic E-state index is 13.4. The number of methoxy groups -OCH3 is 1. The maximum Gasteiger partial charge on any atom is 0.322 e. The normalized spacial score (nSPS) is 12.3. The van der Waals surface area contributed by atoms with Crippen molar-refractivity contribution in [3.8, 4) is 0 Å². The lowest BCUT2D eigenvalue weighted by molar-refractivity contribution is -0.142. The van der Waals surface area contributed by atoms with Crippen LogP contribution in [0.2, 0.25) is 0 Å². The molecule has 5 heteroatoms. The minimum absolute atomic E-state index is 0.0704. The summed E-state index contributed by atoms with van der Waals surface area (Å²) in [4.78, 5) is 11.0. The highest BCUT2D eigenvalue weighted by atomic mass is 19.2. The SMILES string of the molecule is COC(=O)[C@H](N)Cc1ccc(C)c(F)c1F. The Labute approximate surface area is 92.2 Å². The predicted octanol–water partition coefficient (Wildman–Crippen LogP) is 1.32. The number of rotatable bonds is 3. The third-order valence-electron chi connectivity index (χ3n) is 2.30. The Morgan fingerprint density at radius 1 is 1.44 bits per heavy atom. The van der Waals surface area contributed by atoms with Crippen LogP contribution in [0.15, 0.2) is 12.1 Å². The van der Waals surface area contributed by atoms with E-state index < -0.39 is 23.6 Å². The number of hydrogen-bond donors (Lipinski definition) is 1. The molecule has 0 aliphatic rings. The van der Waals surface area contributed by atoms with Crippen molar-refractivity contribution in [2.75, 3.05) is 7.11 Å². The molecule has 88 valence electrons. The first-order valence-electron chi connectivity index (χ1n) is 4.74. The number of benzene rings is 1. The van der Waals surface area contributed by atoms with E-state index in [0.717, 1.165) is 0 Å². The van der Waals surface area contributed by atoms with E-state index in [4.69, 9.17) is 5.73 Å². The molecule has 0 aromatic heterocycles. The molecule has 1 aromatic carbocycles. The van der Waals surface area contributed by atoms with Crippen LogP contribution in [0.5, 0.6) is 0 Å². The van der Waals surface area contributed by atoms with Crippen LogP contribution in [0.1, 0.15) is 11.1 Å². The first-order valence-corrected chi connectivity index (χ1v) is 4.74. The van der Waals surface area contributed by atoms with Crippen molar-refractivity contribution in [2.45, 2.75) is 19.4 Å². The molecule has 3 nitrogen and oxygen atoms in total. The second-order valence-electron chi connectivity index (χ2n) is 3.50. The largest absolute Gasteiger partial charge is 0.468 e. The quantitative estimate of drug-likeness (QED) is 0.795. The standard InChI is InChI=1S/C11H13F2NO2/c1-6-3-4-7(10(13)9(6)12)5-8(14)11(15)16-2/h3-4,8H,5,14H2,1-2H3/t8-/m1/s1. The van der Waals surface area contributed by atoms with E-state index in [0.29, 0.717) is 0 Å². The fourth-order valence-corrected chi connectivity index (χ4v) is 1.32. The van der Waals surface area contributed by atoms with Gasteiger partial charge in [-0.25, -0.2) is 8.78 Å². The number of nitrogens with two attached hydrogens (primary N) is 1. The summed E-state index contributed by atoms with van der Waals surface area (Å²) < 4.78 is 31.0. The molecule has 0 saturated heterocycles. The molecule has 0 heterocycles. The highest BCUT2D eigenvalue weighted by molar-refractivity contribution is 5.75. The van der Waals surface area contributed by atoms with Crippen LogP contribution >= 0.6 is 0 Å². The summed E-state index contributed by atoms with van der Waals surface area (Å²) in [6.45, 7) is 1.46. The smallest absolute Gasteiger partial charge is 0.322 e. The maximum absolute atomic E-state index is 13.4. The van der Waals surface area contributed by atoms with Crippen molar-refractivity contribution < 1.29 is 18.3 Å². The molecule has 0 fully saturated rings. The van der Waals surface area contributed by atoms with Gasteiger partial charge in [0.25, 0.3) is 0 Å². The average molecular weight is 229 g/mol. The molecule has 0 amide bonds. The number of halogens is 2. The van der Waals surface area contributed by atoms with Crippen LogP contribution in [-0.2, 0) is 16.0 Å². The first-order chi connectivity index (χ1) is 7.47. The molecule has 1 aromatic rings. The molecular formula is C11H13F2NO2. The van der Waals surface area contributed by atoms with Gasteiger partial charge < -0.3 is 10.5 Å². The summed E-state index contributed by atoms with van der Waals surface area (Å²) >= 11 is 0. The summed E-state index contributed by atoms with van der Waals surface area (Å²) in [5, 5.41) is 0. The summed E-state index contributed by atoms with van der Waals surface area (Å²) in [6.07, 6.45) is -0.0876. The van der Waals surface area contributed by atoms with Gasteiger partial charge in [0, 0.05) is 6.42 Å². The topological polar surface area (TPSA) is 52.3 Å². The van der Waals surface area contributed by atoms with Gasteiger partial charge in [0.15, 0.2) is 11.6 Å². The predicted molar refractivity (Wildman–Crippen MR) is 54.8 cm³/mol. The lowest BCUT2D eigenvalue weighted by Gasteiger charge is -2.10. The van der Waals surface area contributed by atoms with Crippen molar-refractivity contribution in [1.29, 1.82) is 0 Å². The van der Waals surface area contributed by atoms with E-state index in [1.54, 1.807) is 0 Å². The van der Waals surface area contributed by atoms with Crippen LogP contribution in [-0.4, -0.2) is 19.1 Å². The second kappa shape index (κ2) is 5.03. The molecule has 0 saturated carbocycles. The van der Waals surface area contributed by atoms with Gasteiger partial charge in [0.2, 0.25) is 0 Å². The van der Waals surface area contributed by atoms with Gasteiger partial charge in [-0.1, -0.05) is 12.1 Å².